The van der Waals surface area contributed by atoms with E-state index in [0.717, 1.165) is 16.0 Å². The maximum absolute atomic E-state index is 13.1. The number of hydrogen-bond donors (Lipinski definition) is 1. The average molecular weight is 393 g/mol. The molecular weight excluding hydrogens is 370 g/mol. The number of carbonyl (C=O) groups is 1. The van der Waals surface area contributed by atoms with Crippen molar-refractivity contribution in [1.82, 2.24) is 9.13 Å². The number of carbonyl (C=O) groups excluding carboxylic acids is 1. The summed E-state index contributed by atoms with van der Waals surface area (Å²) in [6.45, 7) is 0. The van der Waals surface area contributed by atoms with Crippen LogP contribution in [-0.2, 0) is 25.3 Å². The first-order chi connectivity index (χ1) is 13.9. The lowest BCUT2D eigenvalue weighted by atomic mass is 9.72. The summed E-state index contributed by atoms with van der Waals surface area (Å²) in [6.07, 6.45) is 7.47. The van der Waals surface area contributed by atoms with Gasteiger partial charge in [-0.05, 0) is 36.8 Å². The zero-order chi connectivity index (χ0) is 20.7. The van der Waals surface area contributed by atoms with E-state index in [9.17, 15) is 14.4 Å². The number of methoxy groups -OCH3 is 1. The quantitative estimate of drug-likeness (QED) is 0.859. The van der Waals surface area contributed by atoms with E-state index in [4.69, 9.17) is 4.74 Å². The molecule has 1 N–H and O–H groups in total. The van der Waals surface area contributed by atoms with E-state index < -0.39 is 6.04 Å². The number of fused-ring (bicyclic) bond motifs is 2. The molecule has 3 atom stereocenters. The number of aromatic nitrogens is 2. The number of rotatable bonds is 3. The number of nitrogens with zero attached hydrogens (tertiary/aromatic N) is 2. The van der Waals surface area contributed by atoms with Gasteiger partial charge >= 0.3 is 5.69 Å². The maximum Gasteiger partial charge on any atom is 0.330 e. The van der Waals surface area contributed by atoms with E-state index in [0.29, 0.717) is 17.7 Å². The van der Waals surface area contributed by atoms with Crippen molar-refractivity contribution in [2.45, 2.75) is 12.5 Å². The van der Waals surface area contributed by atoms with Crippen molar-refractivity contribution in [2.75, 3.05) is 12.4 Å². The molecule has 7 heteroatoms. The molecule has 0 radical (unpaired) electrons. The molecule has 0 saturated heterocycles. The normalized spacial score (nSPS) is 22.6. The van der Waals surface area contributed by atoms with Crippen molar-refractivity contribution in [2.24, 2.45) is 25.9 Å². The molecule has 1 aromatic carbocycles. The van der Waals surface area contributed by atoms with Crippen LogP contribution in [0, 0.1) is 11.8 Å². The van der Waals surface area contributed by atoms with E-state index in [1.807, 2.05) is 36.4 Å². The number of ketones is 1. The zero-order valence-corrected chi connectivity index (χ0v) is 16.6. The van der Waals surface area contributed by atoms with Gasteiger partial charge in [-0.3, -0.25) is 14.2 Å². The number of ether oxygens (including phenoxy) is 1. The molecule has 150 valence electrons. The fourth-order valence-corrected chi connectivity index (χ4v) is 4.28. The summed E-state index contributed by atoms with van der Waals surface area (Å²) in [5.41, 5.74) is 1.23. The highest BCUT2D eigenvalue weighted by molar-refractivity contribution is 5.93. The highest BCUT2D eigenvalue weighted by atomic mass is 16.5. The topological polar surface area (TPSA) is 82.3 Å². The first-order valence-electron chi connectivity index (χ1n) is 9.50. The van der Waals surface area contributed by atoms with Crippen LogP contribution in [0.4, 0.5) is 5.69 Å². The molecule has 0 unspecified atom stereocenters. The molecule has 2 aliphatic carbocycles. The monoisotopic (exact) mass is 393 g/mol. The molecule has 0 amide bonds. The maximum atomic E-state index is 13.1. The third-order valence-corrected chi connectivity index (χ3v) is 5.88. The second kappa shape index (κ2) is 7.24. The molecule has 0 saturated carbocycles. The lowest BCUT2D eigenvalue weighted by Gasteiger charge is -2.38. The predicted molar refractivity (Wildman–Crippen MR) is 110 cm³/mol. The number of hydrogen-bond acceptors (Lipinski definition) is 5. The van der Waals surface area contributed by atoms with Crippen LogP contribution in [-0.4, -0.2) is 22.0 Å². The van der Waals surface area contributed by atoms with Crippen LogP contribution in [0.15, 0.2) is 58.2 Å². The third kappa shape index (κ3) is 3.12. The first-order valence-corrected chi connectivity index (χ1v) is 9.50. The van der Waals surface area contributed by atoms with Gasteiger partial charge in [-0.15, -0.1) is 0 Å². The number of benzene rings is 1. The lowest BCUT2D eigenvalue weighted by Crippen LogP contribution is -2.48. The van der Waals surface area contributed by atoms with Gasteiger partial charge in [0, 0.05) is 37.3 Å². The minimum absolute atomic E-state index is 0.000284. The minimum Gasteiger partial charge on any atom is -0.497 e. The van der Waals surface area contributed by atoms with Crippen LogP contribution in [0.5, 0.6) is 5.75 Å². The zero-order valence-electron chi connectivity index (χ0n) is 16.6. The van der Waals surface area contributed by atoms with Crippen LogP contribution >= 0.6 is 0 Å². The van der Waals surface area contributed by atoms with Crippen LogP contribution in [0.2, 0.25) is 0 Å². The Morgan fingerprint density at radius 2 is 1.76 bits per heavy atom. The Hall–Kier alpha value is -3.35. The molecule has 2 aromatic rings. The van der Waals surface area contributed by atoms with Crippen molar-refractivity contribution in [3.63, 3.8) is 0 Å². The Balaban J connectivity index is 1.89. The molecule has 2 aliphatic rings. The summed E-state index contributed by atoms with van der Waals surface area (Å²) >= 11 is 0. The summed E-state index contributed by atoms with van der Waals surface area (Å²) in [7, 11) is 4.74. The Bertz CT molecular complexity index is 1140. The van der Waals surface area contributed by atoms with Crippen LogP contribution < -0.4 is 21.3 Å². The van der Waals surface area contributed by atoms with Gasteiger partial charge in [0.15, 0.2) is 5.78 Å². The third-order valence-electron chi connectivity index (χ3n) is 5.88. The van der Waals surface area contributed by atoms with Crippen molar-refractivity contribution < 1.29 is 9.53 Å². The van der Waals surface area contributed by atoms with Gasteiger partial charge in [0.1, 0.15) is 5.75 Å². The van der Waals surface area contributed by atoms with Crippen LogP contribution in [0.1, 0.15) is 17.3 Å². The smallest absolute Gasteiger partial charge is 0.330 e. The lowest BCUT2D eigenvalue weighted by molar-refractivity contribution is -0.119. The molecule has 1 aromatic heterocycles. The van der Waals surface area contributed by atoms with Gasteiger partial charge in [0.25, 0.3) is 5.56 Å². The largest absolute Gasteiger partial charge is 0.497 e. The number of nitrogens with one attached hydrogen (secondary N) is 1. The number of anilines is 1. The molecule has 29 heavy (non-hydrogen) atoms. The van der Waals surface area contributed by atoms with Crippen molar-refractivity contribution in [1.29, 1.82) is 0 Å². The van der Waals surface area contributed by atoms with E-state index in [1.54, 1.807) is 26.3 Å². The molecule has 4 rings (SSSR count). The fraction of sp³-hybridized carbons (Fsp3) is 0.318. The highest BCUT2D eigenvalue weighted by Crippen LogP contribution is 2.40. The minimum atomic E-state index is -0.442. The summed E-state index contributed by atoms with van der Waals surface area (Å²) in [5.74, 6) is 0.174. The Morgan fingerprint density at radius 1 is 1.03 bits per heavy atom. The Labute approximate surface area is 167 Å². The second-order valence-electron chi connectivity index (χ2n) is 7.45. The van der Waals surface area contributed by atoms with Crippen molar-refractivity contribution in [3.05, 3.63) is 80.7 Å². The SMILES string of the molecule is COc1ccc(N[C@@H]2c3c(n(C)c(=O)n(C)c3=O)C[C@H]3C(=O)C=CC=C[C@@H]23)cc1. The summed E-state index contributed by atoms with van der Waals surface area (Å²) in [6, 6.07) is 6.96. The van der Waals surface area contributed by atoms with Gasteiger partial charge < -0.3 is 14.6 Å². The first kappa shape index (κ1) is 19.0. The molecule has 0 spiro atoms. The van der Waals surface area contributed by atoms with Crippen molar-refractivity contribution in [3.8, 4) is 5.75 Å². The van der Waals surface area contributed by atoms with Crippen LogP contribution in [0.3, 0.4) is 0 Å². The van der Waals surface area contributed by atoms with Crippen LogP contribution in [0.25, 0.3) is 0 Å². The van der Waals surface area contributed by atoms with E-state index in [-0.39, 0.29) is 28.9 Å². The summed E-state index contributed by atoms with van der Waals surface area (Å²) < 4.78 is 7.83. The second-order valence-corrected chi connectivity index (χ2v) is 7.45. The molecule has 0 fully saturated rings. The van der Waals surface area contributed by atoms with Gasteiger partial charge in [-0.2, -0.15) is 0 Å². The van der Waals surface area contributed by atoms with E-state index in [2.05, 4.69) is 5.32 Å². The molecular formula is C22H23N3O4. The van der Waals surface area contributed by atoms with Crippen molar-refractivity contribution >= 4 is 11.5 Å². The Kier molecular flexibility index (Phi) is 4.74. The Morgan fingerprint density at radius 3 is 2.45 bits per heavy atom. The standard InChI is InChI=1S/C22H23N3O4/c1-24-17-12-16-15(6-4-5-7-18(16)26)20(19(17)21(27)25(2)22(24)28)23-13-8-10-14(29-3)11-9-13/h4-11,15-16,20,23H,12H2,1-3H3/t15-,16-,20+/m1/s1. The summed E-state index contributed by atoms with van der Waals surface area (Å²) in [4.78, 5) is 38.3. The van der Waals surface area contributed by atoms with Gasteiger partial charge in [0.2, 0.25) is 0 Å². The van der Waals surface area contributed by atoms with Gasteiger partial charge in [-0.1, -0.05) is 18.2 Å². The molecule has 0 aliphatic heterocycles. The fourth-order valence-electron chi connectivity index (χ4n) is 4.28. The average Bonchev–Trinajstić information content (AvgIpc) is 2.92. The molecule has 0 bridgehead atoms. The van der Waals surface area contributed by atoms with Gasteiger partial charge in [0.05, 0.1) is 18.7 Å². The van der Waals surface area contributed by atoms with E-state index in [1.165, 1.54) is 11.6 Å². The highest BCUT2D eigenvalue weighted by Gasteiger charge is 2.42. The van der Waals surface area contributed by atoms with E-state index >= 15 is 0 Å². The molecule has 1 heterocycles. The van der Waals surface area contributed by atoms with Gasteiger partial charge in [-0.25, -0.2) is 4.79 Å². The number of allylic oxidation sites excluding steroid dienone is 3. The summed E-state index contributed by atoms with van der Waals surface area (Å²) in [5, 5.41) is 3.44. The predicted octanol–water partition coefficient (Wildman–Crippen LogP) is 1.73. The molecule has 7 nitrogen and oxygen atoms in total.